The van der Waals surface area contributed by atoms with Crippen LogP contribution in [0.4, 0.5) is 0 Å². The van der Waals surface area contributed by atoms with Gasteiger partial charge in [-0.2, -0.15) is 0 Å². The van der Waals surface area contributed by atoms with Crippen LogP contribution in [0.3, 0.4) is 0 Å². The van der Waals surface area contributed by atoms with E-state index in [-0.39, 0.29) is 6.10 Å². The van der Waals surface area contributed by atoms with E-state index in [0.717, 1.165) is 12.2 Å². The first-order valence-electron chi connectivity index (χ1n) is 6.24. The van der Waals surface area contributed by atoms with Crippen molar-refractivity contribution in [2.45, 2.75) is 45.1 Å². The van der Waals surface area contributed by atoms with Gasteiger partial charge in [-0.25, -0.2) is 0 Å². The maximum Gasteiger partial charge on any atom is 0.120 e. The lowest BCUT2D eigenvalue weighted by Gasteiger charge is -2.17. The zero-order valence-corrected chi connectivity index (χ0v) is 9.99. The second-order valence-electron chi connectivity index (χ2n) is 4.54. The van der Waals surface area contributed by atoms with E-state index in [2.05, 4.69) is 37.3 Å². The molecule has 16 heavy (non-hydrogen) atoms. The van der Waals surface area contributed by atoms with E-state index in [9.17, 15) is 0 Å². The molecule has 1 nitrogen and oxygen atoms in total. The van der Waals surface area contributed by atoms with Crippen molar-refractivity contribution in [3.63, 3.8) is 0 Å². The Morgan fingerprint density at radius 2 is 2.12 bits per heavy atom. The molecule has 1 aliphatic carbocycles. The molecule has 1 aromatic rings. The summed E-state index contributed by atoms with van der Waals surface area (Å²) in [6.45, 7) is 2.10. The number of hydrogen-bond acceptors (Lipinski definition) is 1. The number of benzene rings is 1. The van der Waals surface area contributed by atoms with E-state index in [1.165, 1.54) is 31.2 Å². The summed E-state index contributed by atoms with van der Waals surface area (Å²) in [5.41, 5.74) is 1.26. The fourth-order valence-electron chi connectivity index (χ4n) is 2.09. The van der Waals surface area contributed by atoms with Crippen molar-refractivity contribution in [3.05, 3.63) is 42.0 Å². The molecule has 1 aliphatic rings. The van der Waals surface area contributed by atoms with Gasteiger partial charge in [0.25, 0.3) is 0 Å². The Kier molecular flexibility index (Phi) is 4.03. The van der Waals surface area contributed by atoms with Gasteiger partial charge in [0.1, 0.15) is 11.9 Å². The van der Waals surface area contributed by atoms with Gasteiger partial charge >= 0.3 is 0 Å². The molecular weight excluding hydrogens is 196 g/mol. The number of rotatable bonds is 2. The van der Waals surface area contributed by atoms with E-state index in [0.29, 0.717) is 0 Å². The van der Waals surface area contributed by atoms with Crippen molar-refractivity contribution in [2.24, 2.45) is 0 Å². The Morgan fingerprint density at radius 3 is 3.00 bits per heavy atom. The monoisotopic (exact) mass is 216 g/mol. The summed E-state index contributed by atoms with van der Waals surface area (Å²) >= 11 is 0. The molecule has 0 aliphatic heterocycles. The number of aryl methyl sites for hydroxylation is 1. The molecule has 0 amide bonds. The zero-order chi connectivity index (χ0) is 11.2. The molecule has 1 atom stereocenters. The van der Waals surface area contributed by atoms with Crippen molar-refractivity contribution >= 4 is 0 Å². The number of allylic oxidation sites excluding steroid dienone is 1. The van der Waals surface area contributed by atoms with Crippen LogP contribution in [0.1, 0.15) is 37.7 Å². The average Bonchev–Trinajstić information content (AvgIpc) is 2.22. The van der Waals surface area contributed by atoms with E-state index >= 15 is 0 Å². The lowest BCUT2D eigenvalue weighted by molar-refractivity contribution is 0.231. The van der Waals surface area contributed by atoms with Crippen molar-refractivity contribution < 1.29 is 4.74 Å². The summed E-state index contributed by atoms with van der Waals surface area (Å²) in [4.78, 5) is 0. The van der Waals surface area contributed by atoms with Crippen LogP contribution in [-0.4, -0.2) is 6.10 Å². The quantitative estimate of drug-likeness (QED) is 0.671. The molecule has 0 N–H and O–H groups in total. The number of ether oxygens (including phenoxy) is 1. The van der Waals surface area contributed by atoms with Crippen molar-refractivity contribution in [1.82, 2.24) is 0 Å². The molecule has 0 fully saturated rings. The van der Waals surface area contributed by atoms with Gasteiger partial charge in [0, 0.05) is 0 Å². The first kappa shape index (κ1) is 11.3. The molecular formula is C15H20O. The van der Waals surface area contributed by atoms with Gasteiger partial charge in [-0.05, 0) is 56.4 Å². The summed E-state index contributed by atoms with van der Waals surface area (Å²) in [6, 6.07) is 8.30. The Balaban J connectivity index is 1.99. The highest BCUT2D eigenvalue weighted by atomic mass is 16.5. The minimum absolute atomic E-state index is 0.266. The van der Waals surface area contributed by atoms with Crippen LogP contribution in [0, 0.1) is 6.92 Å². The third-order valence-electron chi connectivity index (χ3n) is 2.99. The zero-order valence-electron chi connectivity index (χ0n) is 9.99. The Morgan fingerprint density at radius 1 is 1.19 bits per heavy atom. The molecule has 1 aromatic carbocycles. The van der Waals surface area contributed by atoms with E-state index in [1.807, 2.05) is 6.07 Å². The SMILES string of the molecule is Cc1cccc(OC2/C=C\CCCCC2)c1. The first-order chi connectivity index (χ1) is 7.84. The summed E-state index contributed by atoms with van der Waals surface area (Å²) < 4.78 is 5.98. The molecule has 0 bridgehead atoms. The normalized spacial score (nSPS) is 23.2. The molecule has 1 unspecified atom stereocenters. The molecule has 0 spiro atoms. The maximum atomic E-state index is 5.98. The molecule has 2 rings (SSSR count). The fourth-order valence-corrected chi connectivity index (χ4v) is 2.09. The lowest BCUT2D eigenvalue weighted by Crippen LogP contribution is -2.14. The van der Waals surface area contributed by atoms with E-state index < -0.39 is 0 Å². The van der Waals surface area contributed by atoms with Gasteiger partial charge in [-0.3, -0.25) is 0 Å². The van der Waals surface area contributed by atoms with Crippen molar-refractivity contribution in [1.29, 1.82) is 0 Å². The Hall–Kier alpha value is -1.24. The lowest BCUT2D eigenvalue weighted by atomic mass is 10.0. The second-order valence-corrected chi connectivity index (χ2v) is 4.54. The highest BCUT2D eigenvalue weighted by Gasteiger charge is 2.08. The van der Waals surface area contributed by atoms with E-state index in [1.54, 1.807) is 0 Å². The minimum Gasteiger partial charge on any atom is -0.486 e. The number of hydrogen-bond donors (Lipinski definition) is 0. The molecule has 0 saturated heterocycles. The summed E-state index contributed by atoms with van der Waals surface area (Å²) in [5, 5.41) is 0. The van der Waals surface area contributed by atoms with Crippen molar-refractivity contribution in [2.75, 3.05) is 0 Å². The third-order valence-corrected chi connectivity index (χ3v) is 2.99. The van der Waals surface area contributed by atoms with Gasteiger partial charge in [0.05, 0.1) is 0 Å². The highest BCUT2D eigenvalue weighted by Crippen LogP contribution is 2.19. The van der Waals surface area contributed by atoms with Crippen molar-refractivity contribution in [3.8, 4) is 5.75 Å². The molecule has 0 aromatic heterocycles. The first-order valence-corrected chi connectivity index (χ1v) is 6.24. The van der Waals surface area contributed by atoms with Crippen LogP contribution >= 0.6 is 0 Å². The van der Waals surface area contributed by atoms with Gasteiger partial charge in [0.2, 0.25) is 0 Å². The fraction of sp³-hybridized carbons (Fsp3) is 0.467. The highest BCUT2D eigenvalue weighted by molar-refractivity contribution is 5.28. The summed E-state index contributed by atoms with van der Waals surface area (Å²) in [5.74, 6) is 0.996. The molecule has 0 radical (unpaired) electrons. The largest absolute Gasteiger partial charge is 0.486 e. The van der Waals surface area contributed by atoms with Gasteiger partial charge < -0.3 is 4.74 Å². The van der Waals surface area contributed by atoms with Crippen LogP contribution in [0.5, 0.6) is 5.75 Å². The predicted molar refractivity (Wildman–Crippen MR) is 67.8 cm³/mol. The van der Waals surface area contributed by atoms with Crippen LogP contribution in [0.2, 0.25) is 0 Å². The topological polar surface area (TPSA) is 9.23 Å². The van der Waals surface area contributed by atoms with Gasteiger partial charge in [0.15, 0.2) is 0 Å². The summed E-state index contributed by atoms with van der Waals surface area (Å²) in [7, 11) is 0. The van der Waals surface area contributed by atoms with Gasteiger partial charge in [-0.15, -0.1) is 0 Å². The maximum absolute atomic E-state index is 5.98. The second kappa shape index (κ2) is 5.74. The predicted octanol–water partition coefficient (Wildman–Crippen LogP) is 4.26. The van der Waals surface area contributed by atoms with Crippen LogP contribution in [0.25, 0.3) is 0 Å². The van der Waals surface area contributed by atoms with Gasteiger partial charge in [-0.1, -0.05) is 24.6 Å². The van der Waals surface area contributed by atoms with Crippen LogP contribution in [-0.2, 0) is 0 Å². The average molecular weight is 216 g/mol. The minimum atomic E-state index is 0.266. The van der Waals surface area contributed by atoms with Crippen LogP contribution < -0.4 is 4.74 Å². The molecule has 86 valence electrons. The smallest absolute Gasteiger partial charge is 0.120 e. The van der Waals surface area contributed by atoms with Crippen LogP contribution in [0.15, 0.2) is 36.4 Å². The third kappa shape index (κ3) is 3.41. The molecule has 0 heterocycles. The summed E-state index contributed by atoms with van der Waals surface area (Å²) in [6.07, 6.45) is 11.0. The molecule has 1 heteroatoms. The Labute approximate surface area is 98.1 Å². The molecule has 0 saturated carbocycles. The Bertz CT molecular complexity index is 354. The van der Waals surface area contributed by atoms with E-state index in [4.69, 9.17) is 4.74 Å². The standard InChI is InChI=1S/C15H20O/c1-13-8-7-11-15(12-13)16-14-9-5-3-2-4-6-10-14/h5,7-9,11-12,14H,2-4,6,10H2,1H3/b9-5-.